The number of nitrogens with zero attached hydrogens (tertiary/aromatic N) is 8. The fourth-order valence-corrected chi connectivity index (χ4v) is 7.41. The maximum absolute atomic E-state index is 6.15. The minimum Gasteiger partial charge on any atom is -0.419 e. The quantitative estimate of drug-likeness (QED) is 0.186. The number of hydrogen-bond acceptors (Lipinski definition) is 7. The van der Waals surface area contributed by atoms with Crippen molar-refractivity contribution in [3.8, 4) is 33.6 Å². The average molecular weight is 657 g/mol. The molecule has 7 heterocycles. The summed E-state index contributed by atoms with van der Waals surface area (Å²) < 4.78 is 10.5. The standard InChI is InChI=1S/C42H24N8O/c1-3-7-29(8-4-1)49-37-21-25(11-13-31(37)33-15-17-45-47-39(33)49)27-19-35-36-20-28(24-44-42(36)51-41(35)43-23-27)26-12-14-32-34-16-18-46-48-40(34)50(38(32)22-26)30-9-5-2-6-10-30/h1-24H. The molecule has 0 saturated heterocycles. The SMILES string of the molecule is c1ccc(-n2c3cc(-c4cnc5oc6ncc(-c7ccc8c9ccnnc9n(-c9ccccc9)c8c7)cc6c5c4)ccc3c3ccnnc32)cc1. The number of benzene rings is 4. The number of aromatic nitrogens is 8. The zero-order valence-corrected chi connectivity index (χ0v) is 26.8. The van der Waals surface area contributed by atoms with E-state index in [9.17, 15) is 0 Å². The van der Waals surface area contributed by atoms with E-state index in [-0.39, 0.29) is 0 Å². The highest BCUT2D eigenvalue weighted by Crippen LogP contribution is 2.38. The highest BCUT2D eigenvalue weighted by molar-refractivity contribution is 6.11. The second-order valence-corrected chi connectivity index (χ2v) is 12.6. The molecule has 11 rings (SSSR count). The Morgan fingerprint density at radius 2 is 0.882 bits per heavy atom. The second-order valence-electron chi connectivity index (χ2n) is 12.6. The highest BCUT2D eigenvalue weighted by Gasteiger charge is 2.18. The number of fused-ring (bicyclic) bond motifs is 9. The summed E-state index contributed by atoms with van der Waals surface area (Å²) in [5, 5.41) is 23.6. The summed E-state index contributed by atoms with van der Waals surface area (Å²) in [4.78, 5) is 9.52. The van der Waals surface area contributed by atoms with E-state index in [0.29, 0.717) is 11.4 Å². The molecule has 0 N–H and O–H groups in total. The Labute approximate surface area is 289 Å². The molecule has 0 atom stereocenters. The molecule has 0 amide bonds. The van der Waals surface area contributed by atoms with E-state index in [1.807, 2.05) is 60.9 Å². The van der Waals surface area contributed by atoms with Gasteiger partial charge in [-0.2, -0.15) is 10.2 Å². The molecule has 0 aliphatic heterocycles. The number of furan rings is 1. The summed E-state index contributed by atoms with van der Waals surface area (Å²) in [5.41, 5.74) is 10.9. The second kappa shape index (κ2) is 10.6. The van der Waals surface area contributed by atoms with Gasteiger partial charge in [-0.3, -0.25) is 9.13 Å². The van der Waals surface area contributed by atoms with Crippen molar-refractivity contribution in [3.05, 3.63) is 146 Å². The first-order chi connectivity index (χ1) is 25.3. The van der Waals surface area contributed by atoms with Crippen molar-refractivity contribution >= 4 is 66.1 Å². The lowest BCUT2D eigenvalue weighted by molar-refractivity contribution is 0.640. The van der Waals surface area contributed by atoms with Crippen LogP contribution in [0.4, 0.5) is 0 Å². The van der Waals surface area contributed by atoms with Crippen LogP contribution in [0.5, 0.6) is 0 Å². The van der Waals surface area contributed by atoms with Crippen LogP contribution < -0.4 is 0 Å². The smallest absolute Gasteiger partial charge is 0.229 e. The van der Waals surface area contributed by atoms with Crippen molar-refractivity contribution in [1.29, 1.82) is 0 Å². The van der Waals surface area contributed by atoms with Gasteiger partial charge in [-0.25, -0.2) is 9.97 Å². The number of rotatable bonds is 4. The van der Waals surface area contributed by atoms with Crippen LogP contribution >= 0.6 is 0 Å². The van der Waals surface area contributed by atoms with Crippen LogP contribution in [-0.4, -0.2) is 39.5 Å². The van der Waals surface area contributed by atoms with Gasteiger partial charge in [-0.15, -0.1) is 10.2 Å². The molecular formula is C42H24N8O. The molecule has 0 bridgehead atoms. The van der Waals surface area contributed by atoms with Crippen LogP contribution in [0.1, 0.15) is 0 Å². The van der Waals surface area contributed by atoms with Crippen LogP contribution in [0, 0.1) is 0 Å². The van der Waals surface area contributed by atoms with Crippen LogP contribution in [-0.2, 0) is 0 Å². The van der Waals surface area contributed by atoms with E-state index < -0.39 is 0 Å². The molecule has 0 unspecified atom stereocenters. The van der Waals surface area contributed by atoms with Crippen LogP contribution in [0.2, 0.25) is 0 Å². The van der Waals surface area contributed by atoms with E-state index >= 15 is 0 Å². The molecule has 0 radical (unpaired) electrons. The molecule has 9 nitrogen and oxygen atoms in total. The monoisotopic (exact) mass is 656 g/mol. The summed E-state index contributed by atoms with van der Waals surface area (Å²) in [6, 6.07) is 41.8. The number of para-hydroxylation sites is 2. The van der Waals surface area contributed by atoms with Gasteiger partial charge in [0.15, 0.2) is 11.3 Å². The largest absolute Gasteiger partial charge is 0.419 e. The first kappa shape index (κ1) is 27.7. The zero-order chi connectivity index (χ0) is 33.5. The molecule has 0 fully saturated rings. The van der Waals surface area contributed by atoms with Crippen molar-refractivity contribution in [2.24, 2.45) is 0 Å². The Morgan fingerprint density at radius 3 is 1.35 bits per heavy atom. The lowest BCUT2D eigenvalue weighted by atomic mass is 10.0. The minimum absolute atomic E-state index is 0.548. The Balaban J connectivity index is 1.07. The van der Waals surface area contributed by atoms with Crippen LogP contribution in [0.3, 0.4) is 0 Å². The first-order valence-electron chi connectivity index (χ1n) is 16.6. The fraction of sp³-hybridized carbons (Fsp3) is 0. The van der Waals surface area contributed by atoms with Gasteiger partial charge < -0.3 is 4.42 Å². The van der Waals surface area contributed by atoms with Gasteiger partial charge in [0.25, 0.3) is 0 Å². The summed E-state index contributed by atoms with van der Waals surface area (Å²) in [6.07, 6.45) is 7.21. The fourth-order valence-electron chi connectivity index (χ4n) is 7.41. The van der Waals surface area contributed by atoms with Crippen molar-refractivity contribution in [1.82, 2.24) is 39.5 Å². The summed E-state index contributed by atoms with van der Waals surface area (Å²) in [5.74, 6) is 0. The Kier molecular flexibility index (Phi) is 5.76. The molecule has 7 aromatic heterocycles. The average Bonchev–Trinajstić information content (AvgIpc) is 3.85. The molecule has 0 saturated carbocycles. The normalized spacial score (nSPS) is 11.9. The molecule has 0 aliphatic carbocycles. The minimum atomic E-state index is 0.548. The maximum Gasteiger partial charge on any atom is 0.229 e. The van der Waals surface area contributed by atoms with E-state index in [0.717, 1.165) is 88.3 Å². The lowest BCUT2D eigenvalue weighted by Crippen LogP contribution is -1.96. The number of pyridine rings is 2. The van der Waals surface area contributed by atoms with Gasteiger partial charge in [0.1, 0.15) is 0 Å². The molecule has 11 aromatic rings. The molecule has 0 aliphatic rings. The molecular weight excluding hydrogens is 633 g/mol. The molecule has 238 valence electrons. The van der Waals surface area contributed by atoms with E-state index in [2.05, 4.69) is 102 Å². The first-order valence-corrected chi connectivity index (χ1v) is 16.6. The van der Waals surface area contributed by atoms with Gasteiger partial charge in [0.2, 0.25) is 11.4 Å². The molecule has 9 heteroatoms. The third kappa shape index (κ3) is 4.15. The zero-order valence-electron chi connectivity index (χ0n) is 26.8. The van der Waals surface area contributed by atoms with Gasteiger partial charge >= 0.3 is 0 Å². The van der Waals surface area contributed by atoms with Gasteiger partial charge in [-0.05, 0) is 71.8 Å². The van der Waals surface area contributed by atoms with Crippen molar-refractivity contribution in [2.45, 2.75) is 0 Å². The predicted molar refractivity (Wildman–Crippen MR) is 200 cm³/mol. The lowest BCUT2D eigenvalue weighted by Gasteiger charge is -2.08. The summed E-state index contributed by atoms with van der Waals surface area (Å²) in [7, 11) is 0. The summed E-state index contributed by atoms with van der Waals surface area (Å²) in [6.45, 7) is 0. The van der Waals surface area contributed by atoms with E-state index in [4.69, 9.17) is 14.4 Å². The topological polar surface area (TPSA) is 100 Å². The number of hydrogen-bond donors (Lipinski definition) is 0. The predicted octanol–water partition coefficient (Wildman–Crippen LogP) is 9.48. The summed E-state index contributed by atoms with van der Waals surface area (Å²) >= 11 is 0. The van der Waals surface area contributed by atoms with E-state index in [1.54, 1.807) is 12.4 Å². The maximum atomic E-state index is 6.15. The van der Waals surface area contributed by atoms with Gasteiger partial charge in [0.05, 0.1) is 34.2 Å². The highest BCUT2D eigenvalue weighted by atomic mass is 16.3. The third-order valence-electron chi connectivity index (χ3n) is 9.76. The Bertz CT molecular complexity index is 2930. The van der Waals surface area contributed by atoms with Gasteiger partial charge in [-0.1, -0.05) is 60.7 Å². The van der Waals surface area contributed by atoms with Crippen molar-refractivity contribution in [2.75, 3.05) is 0 Å². The third-order valence-corrected chi connectivity index (χ3v) is 9.76. The van der Waals surface area contributed by atoms with E-state index in [1.165, 1.54) is 0 Å². The molecule has 0 spiro atoms. The van der Waals surface area contributed by atoms with Crippen molar-refractivity contribution < 1.29 is 4.42 Å². The van der Waals surface area contributed by atoms with Crippen molar-refractivity contribution in [3.63, 3.8) is 0 Å². The van der Waals surface area contributed by atoms with Crippen LogP contribution in [0.25, 0.3) is 99.7 Å². The molecule has 51 heavy (non-hydrogen) atoms. The van der Waals surface area contributed by atoms with Crippen LogP contribution in [0.15, 0.2) is 151 Å². The Morgan fingerprint density at radius 1 is 0.412 bits per heavy atom. The Hall–Kier alpha value is -7.26. The molecule has 4 aromatic carbocycles. The van der Waals surface area contributed by atoms with Gasteiger partial charge in [0, 0.05) is 56.4 Å².